The topological polar surface area (TPSA) is 149 Å². The van der Waals surface area contributed by atoms with E-state index in [0.29, 0.717) is 36.3 Å². The van der Waals surface area contributed by atoms with Crippen LogP contribution in [-0.2, 0) is 14.9 Å². The van der Waals surface area contributed by atoms with E-state index in [9.17, 15) is 13.2 Å². The second-order valence-corrected chi connectivity index (χ2v) is 13.5. The maximum atomic E-state index is 12.5. The summed E-state index contributed by atoms with van der Waals surface area (Å²) < 4.78 is 28.0. The van der Waals surface area contributed by atoms with E-state index in [0.717, 1.165) is 49.5 Å². The van der Waals surface area contributed by atoms with Crippen molar-refractivity contribution in [3.05, 3.63) is 73.4 Å². The predicted octanol–water partition coefficient (Wildman–Crippen LogP) is 4.70. The summed E-state index contributed by atoms with van der Waals surface area (Å²) in [6.07, 6.45) is 8.02. The van der Waals surface area contributed by atoms with Crippen LogP contribution in [0, 0.1) is 0 Å². The van der Waals surface area contributed by atoms with Gasteiger partial charge in [-0.3, -0.25) is 13.9 Å². The molecule has 0 unspecified atom stereocenters. The average molecular weight is 662 g/mol. The number of nitrogens with zero attached hydrogens (tertiary/aromatic N) is 7. The number of hydrogen-bond donors (Lipinski definition) is 3. The highest BCUT2D eigenvalue weighted by Gasteiger charge is 2.28. The number of aromatic nitrogens is 4. The van der Waals surface area contributed by atoms with Gasteiger partial charge >= 0.3 is 0 Å². The molecule has 0 spiro atoms. The number of fused-ring (bicyclic) bond motifs is 1. The van der Waals surface area contributed by atoms with Gasteiger partial charge < -0.3 is 25.3 Å². The molecular weight excluding hydrogens is 618 g/mol. The van der Waals surface area contributed by atoms with Gasteiger partial charge in [-0.1, -0.05) is 24.8 Å². The molecule has 1 amide bonds. The number of carbonyl (C=O) groups is 1. The van der Waals surface area contributed by atoms with Crippen LogP contribution in [0.2, 0.25) is 0 Å². The average Bonchev–Trinajstić information content (AvgIpc) is 3.41. The standard InChI is InChI=1S/C32H39N9O.CH4O3S/c1-4-29(42)40-18-8-11-27(22-40)41-30-28(36-32(41)35-23-9-6-5-7-10-23)21-33-31(37-30)34-24-12-14-26(15-13-24)39-19-16-25(17-20-39)38(2)3;1-5(2,3)4/h4-7,9-10,12-15,21,25,27H,1,8,11,16-20,22H2,2-3H3,(H,35,36)(H,33,34,37);1H3,(H,2,3,4)/t27-;/m0./s1. The molecule has 0 aliphatic carbocycles. The molecule has 2 aliphatic heterocycles. The third-order valence-electron chi connectivity index (χ3n) is 8.39. The monoisotopic (exact) mass is 661 g/mol. The fourth-order valence-corrected chi connectivity index (χ4v) is 6.06. The molecule has 2 fully saturated rings. The van der Waals surface area contributed by atoms with Gasteiger partial charge in [0.1, 0.15) is 5.52 Å². The number of amides is 1. The van der Waals surface area contributed by atoms with E-state index in [2.05, 4.69) is 74.9 Å². The highest BCUT2D eigenvalue weighted by Crippen LogP contribution is 2.32. The lowest BCUT2D eigenvalue weighted by Crippen LogP contribution is -2.41. The van der Waals surface area contributed by atoms with Gasteiger partial charge in [0.05, 0.1) is 18.5 Å². The Bertz CT molecular complexity index is 1760. The van der Waals surface area contributed by atoms with Gasteiger partial charge in [0, 0.05) is 49.3 Å². The summed E-state index contributed by atoms with van der Waals surface area (Å²) in [5, 5.41) is 6.85. The molecule has 0 radical (unpaired) electrons. The highest BCUT2D eigenvalue weighted by molar-refractivity contribution is 7.85. The quantitative estimate of drug-likeness (QED) is 0.178. The van der Waals surface area contributed by atoms with Crippen LogP contribution in [0.15, 0.2) is 73.4 Å². The lowest BCUT2D eigenvalue weighted by atomic mass is 10.0. The van der Waals surface area contributed by atoms with E-state index < -0.39 is 10.1 Å². The number of hydrogen-bond acceptors (Lipinski definition) is 10. The lowest BCUT2D eigenvalue weighted by molar-refractivity contribution is -0.127. The van der Waals surface area contributed by atoms with Crippen molar-refractivity contribution in [1.82, 2.24) is 29.3 Å². The van der Waals surface area contributed by atoms with Gasteiger partial charge in [-0.05, 0) is 82.3 Å². The minimum Gasteiger partial charge on any atom is -0.371 e. The fraction of sp³-hybridized carbons (Fsp3) is 0.394. The molecule has 0 bridgehead atoms. The number of nitrogens with one attached hydrogen (secondary N) is 2. The molecule has 2 aliphatic rings. The number of likely N-dealkylation sites (tertiary alicyclic amines) is 1. The summed E-state index contributed by atoms with van der Waals surface area (Å²) in [5.41, 5.74) is 4.52. The molecule has 14 heteroatoms. The molecule has 13 nitrogen and oxygen atoms in total. The van der Waals surface area contributed by atoms with Gasteiger partial charge in [0.2, 0.25) is 17.8 Å². The summed E-state index contributed by atoms with van der Waals surface area (Å²) in [5.74, 6) is 1.14. The predicted molar refractivity (Wildman–Crippen MR) is 186 cm³/mol. The second-order valence-electron chi connectivity index (χ2n) is 12.1. The molecule has 2 saturated heterocycles. The number of imidazole rings is 1. The fourth-order valence-electron chi connectivity index (χ4n) is 6.06. The zero-order chi connectivity index (χ0) is 33.6. The van der Waals surface area contributed by atoms with Crippen molar-refractivity contribution in [3.8, 4) is 0 Å². The summed E-state index contributed by atoms with van der Waals surface area (Å²) in [6, 6.07) is 19.1. The number of piperidine rings is 2. The number of para-hydroxylation sites is 1. The van der Waals surface area contributed by atoms with Crippen molar-refractivity contribution in [2.24, 2.45) is 0 Å². The lowest BCUT2D eigenvalue weighted by Gasteiger charge is -2.36. The van der Waals surface area contributed by atoms with Crippen LogP contribution in [-0.4, -0.2) is 101 Å². The first-order valence-corrected chi connectivity index (χ1v) is 17.5. The zero-order valence-corrected chi connectivity index (χ0v) is 27.9. The molecule has 4 aromatic rings. The van der Waals surface area contributed by atoms with Crippen molar-refractivity contribution in [2.45, 2.75) is 37.8 Å². The van der Waals surface area contributed by atoms with Gasteiger partial charge in [0.15, 0.2) is 5.65 Å². The minimum atomic E-state index is -3.67. The third-order valence-corrected chi connectivity index (χ3v) is 8.39. The van der Waals surface area contributed by atoms with Crippen LogP contribution in [0.1, 0.15) is 31.7 Å². The Morgan fingerprint density at radius 1 is 0.979 bits per heavy atom. The summed E-state index contributed by atoms with van der Waals surface area (Å²) in [7, 11) is 0.670. The molecule has 2 aromatic heterocycles. The number of benzene rings is 2. The van der Waals surface area contributed by atoms with E-state index in [1.165, 1.54) is 24.6 Å². The summed E-state index contributed by atoms with van der Waals surface area (Å²) in [6.45, 7) is 7.11. The van der Waals surface area contributed by atoms with Crippen LogP contribution in [0.25, 0.3) is 11.2 Å². The van der Waals surface area contributed by atoms with Crippen LogP contribution in [0.5, 0.6) is 0 Å². The summed E-state index contributed by atoms with van der Waals surface area (Å²) in [4.78, 5) is 33.5. The first kappa shape index (κ1) is 33.8. The Morgan fingerprint density at radius 2 is 1.64 bits per heavy atom. The molecule has 47 heavy (non-hydrogen) atoms. The van der Waals surface area contributed by atoms with Crippen LogP contribution < -0.4 is 15.5 Å². The van der Waals surface area contributed by atoms with Gasteiger partial charge in [0.25, 0.3) is 10.1 Å². The Labute approximate surface area is 276 Å². The highest BCUT2D eigenvalue weighted by atomic mass is 32.2. The molecule has 0 saturated carbocycles. The van der Waals surface area contributed by atoms with E-state index >= 15 is 0 Å². The van der Waals surface area contributed by atoms with Crippen LogP contribution >= 0.6 is 0 Å². The molecule has 3 N–H and O–H groups in total. The minimum absolute atomic E-state index is 0.0116. The third kappa shape index (κ3) is 9.05. The van der Waals surface area contributed by atoms with Crippen molar-refractivity contribution < 1.29 is 17.8 Å². The van der Waals surface area contributed by atoms with E-state index in [1.54, 1.807) is 6.20 Å². The van der Waals surface area contributed by atoms with E-state index in [1.807, 2.05) is 35.2 Å². The molecule has 250 valence electrons. The van der Waals surface area contributed by atoms with Crippen molar-refractivity contribution in [2.75, 3.05) is 62.1 Å². The Kier molecular flexibility index (Phi) is 10.7. The molecular formula is C33H43N9O4S. The van der Waals surface area contributed by atoms with Crippen molar-refractivity contribution in [1.29, 1.82) is 0 Å². The van der Waals surface area contributed by atoms with Gasteiger partial charge in [-0.25, -0.2) is 9.97 Å². The number of carbonyl (C=O) groups excluding carboxylic acids is 1. The van der Waals surface area contributed by atoms with Gasteiger partial charge in [-0.15, -0.1) is 0 Å². The zero-order valence-electron chi connectivity index (χ0n) is 27.1. The van der Waals surface area contributed by atoms with Crippen LogP contribution in [0.3, 0.4) is 0 Å². The van der Waals surface area contributed by atoms with Crippen molar-refractivity contribution in [3.63, 3.8) is 0 Å². The normalized spacial score (nSPS) is 17.3. The molecule has 1 atom stereocenters. The first-order chi connectivity index (χ1) is 22.5. The van der Waals surface area contributed by atoms with Crippen LogP contribution in [0.4, 0.5) is 29.0 Å². The number of rotatable bonds is 8. The summed E-state index contributed by atoms with van der Waals surface area (Å²) >= 11 is 0. The molecule has 2 aromatic carbocycles. The smallest absolute Gasteiger partial charge is 0.261 e. The Balaban J connectivity index is 0.000000807. The van der Waals surface area contributed by atoms with E-state index in [-0.39, 0.29) is 11.9 Å². The molecule has 4 heterocycles. The van der Waals surface area contributed by atoms with Crippen molar-refractivity contribution >= 4 is 56.1 Å². The largest absolute Gasteiger partial charge is 0.371 e. The number of anilines is 5. The maximum absolute atomic E-state index is 12.5. The first-order valence-electron chi connectivity index (χ1n) is 15.7. The maximum Gasteiger partial charge on any atom is 0.261 e. The molecule has 6 rings (SSSR count). The second kappa shape index (κ2) is 14.9. The van der Waals surface area contributed by atoms with E-state index in [4.69, 9.17) is 14.5 Å². The SMILES string of the molecule is C=CC(=O)N1CCC[C@H](n2c(Nc3ccccc3)nc3cnc(Nc4ccc(N5CCC(N(C)C)CC5)cc4)nc32)C1.CS(=O)(=O)O. The van der Waals surface area contributed by atoms with Gasteiger partial charge in [-0.2, -0.15) is 13.4 Å². The Morgan fingerprint density at radius 3 is 2.28 bits per heavy atom. The Hall–Kier alpha value is -4.53.